The molecule has 1 aromatic heterocycles. The molecule has 0 aliphatic heterocycles. The SMILES string of the molecule is Cc1nc(-c2ccc(CC(C)C)cc2)sc1C#N. The summed E-state index contributed by atoms with van der Waals surface area (Å²) < 4.78 is 0. The van der Waals surface area contributed by atoms with Gasteiger partial charge in [0.2, 0.25) is 0 Å². The minimum absolute atomic E-state index is 0.670. The van der Waals surface area contributed by atoms with Gasteiger partial charge in [-0.25, -0.2) is 4.98 Å². The van der Waals surface area contributed by atoms with E-state index in [1.54, 1.807) is 0 Å². The summed E-state index contributed by atoms with van der Waals surface area (Å²) >= 11 is 1.46. The van der Waals surface area contributed by atoms with Crippen LogP contribution in [0.1, 0.15) is 30.0 Å². The van der Waals surface area contributed by atoms with Gasteiger partial charge in [0.25, 0.3) is 0 Å². The van der Waals surface area contributed by atoms with Crippen molar-refractivity contribution in [2.75, 3.05) is 0 Å². The van der Waals surface area contributed by atoms with Crippen molar-refractivity contribution in [3.8, 4) is 16.6 Å². The third-order valence-corrected chi connectivity index (χ3v) is 3.85. The van der Waals surface area contributed by atoms with Crippen LogP contribution < -0.4 is 0 Å². The van der Waals surface area contributed by atoms with Crippen LogP contribution in [0.15, 0.2) is 24.3 Å². The molecule has 3 heteroatoms. The topological polar surface area (TPSA) is 36.7 Å². The van der Waals surface area contributed by atoms with Gasteiger partial charge in [-0.15, -0.1) is 11.3 Å². The molecule has 18 heavy (non-hydrogen) atoms. The quantitative estimate of drug-likeness (QED) is 0.825. The van der Waals surface area contributed by atoms with Crippen molar-refractivity contribution in [2.24, 2.45) is 5.92 Å². The smallest absolute Gasteiger partial charge is 0.128 e. The summed E-state index contributed by atoms with van der Waals surface area (Å²) in [7, 11) is 0. The molecule has 2 aromatic rings. The highest BCUT2D eigenvalue weighted by molar-refractivity contribution is 7.15. The highest BCUT2D eigenvalue weighted by Gasteiger charge is 2.08. The average Bonchev–Trinajstić information content (AvgIpc) is 2.71. The number of benzene rings is 1. The fourth-order valence-corrected chi connectivity index (χ4v) is 2.75. The van der Waals surface area contributed by atoms with Gasteiger partial charge in [-0.3, -0.25) is 0 Å². The standard InChI is InChI=1S/C15H16N2S/c1-10(2)8-12-4-6-13(7-5-12)15-17-11(3)14(9-16)18-15/h4-7,10H,8H2,1-3H3. The van der Waals surface area contributed by atoms with Crippen LogP contribution in [0.2, 0.25) is 0 Å². The Labute approximate surface area is 112 Å². The molecular formula is C15H16N2S. The summed E-state index contributed by atoms with van der Waals surface area (Å²) in [6.07, 6.45) is 1.10. The number of nitrogens with zero attached hydrogens (tertiary/aromatic N) is 2. The van der Waals surface area contributed by atoms with E-state index in [-0.39, 0.29) is 0 Å². The molecule has 0 bridgehead atoms. The molecule has 1 aromatic carbocycles. The summed E-state index contributed by atoms with van der Waals surface area (Å²) in [4.78, 5) is 5.14. The highest BCUT2D eigenvalue weighted by Crippen LogP contribution is 2.27. The molecule has 0 radical (unpaired) electrons. The number of hydrogen-bond donors (Lipinski definition) is 0. The number of aryl methyl sites for hydroxylation is 1. The van der Waals surface area contributed by atoms with Gasteiger partial charge in [-0.2, -0.15) is 5.26 Å². The van der Waals surface area contributed by atoms with Crippen molar-refractivity contribution < 1.29 is 0 Å². The zero-order valence-electron chi connectivity index (χ0n) is 10.9. The van der Waals surface area contributed by atoms with Gasteiger partial charge < -0.3 is 0 Å². The molecule has 0 atom stereocenters. The molecule has 2 nitrogen and oxygen atoms in total. The number of hydrogen-bond acceptors (Lipinski definition) is 3. The van der Waals surface area contributed by atoms with Gasteiger partial charge >= 0.3 is 0 Å². The summed E-state index contributed by atoms with van der Waals surface area (Å²) in [5.41, 5.74) is 3.27. The van der Waals surface area contributed by atoms with Gasteiger partial charge in [0.15, 0.2) is 0 Å². The first-order valence-electron chi connectivity index (χ1n) is 6.07. The molecule has 0 N–H and O–H groups in total. The molecular weight excluding hydrogens is 240 g/mol. The van der Waals surface area contributed by atoms with Gasteiger partial charge in [-0.05, 0) is 24.8 Å². The van der Waals surface area contributed by atoms with Crippen LogP contribution in [0.5, 0.6) is 0 Å². The van der Waals surface area contributed by atoms with Crippen LogP contribution in [-0.4, -0.2) is 4.98 Å². The van der Waals surface area contributed by atoms with Gasteiger partial charge in [-0.1, -0.05) is 38.1 Å². The van der Waals surface area contributed by atoms with Gasteiger partial charge in [0.05, 0.1) is 5.69 Å². The summed E-state index contributed by atoms with van der Waals surface area (Å²) in [6.45, 7) is 6.32. The van der Waals surface area contributed by atoms with E-state index < -0.39 is 0 Å². The average molecular weight is 256 g/mol. The maximum absolute atomic E-state index is 8.94. The minimum atomic E-state index is 0.670. The van der Waals surface area contributed by atoms with E-state index in [0.29, 0.717) is 10.8 Å². The van der Waals surface area contributed by atoms with Crippen molar-refractivity contribution in [3.05, 3.63) is 40.4 Å². The fraction of sp³-hybridized carbons (Fsp3) is 0.333. The Bertz CT molecular complexity index is 574. The van der Waals surface area contributed by atoms with E-state index in [9.17, 15) is 0 Å². The molecule has 0 aliphatic carbocycles. The maximum Gasteiger partial charge on any atom is 0.128 e. The Morgan fingerprint density at radius 2 is 1.94 bits per heavy atom. The van der Waals surface area contributed by atoms with Crippen LogP contribution >= 0.6 is 11.3 Å². The predicted octanol–water partition coefficient (Wildman–Crippen LogP) is 4.19. The highest BCUT2D eigenvalue weighted by atomic mass is 32.1. The summed E-state index contributed by atoms with van der Waals surface area (Å²) in [5, 5.41) is 9.87. The third-order valence-electron chi connectivity index (χ3n) is 2.74. The van der Waals surface area contributed by atoms with Crippen LogP contribution in [0.25, 0.3) is 10.6 Å². The van der Waals surface area contributed by atoms with Crippen molar-refractivity contribution in [1.82, 2.24) is 4.98 Å². The molecule has 1 heterocycles. The Morgan fingerprint density at radius 1 is 1.28 bits per heavy atom. The lowest BCUT2D eigenvalue weighted by atomic mass is 10.0. The molecule has 0 amide bonds. The van der Waals surface area contributed by atoms with Crippen LogP contribution in [0.4, 0.5) is 0 Å². The lowest BCUT2D eigenvalue weighted by molar-refractivity contribution is 0.647. The lowest BCUT2D eigenvalue weighted by Gasteiger charge is -2.05. The lowest BCUT2D eigenvalue weighted by Crippen LogP contribution is -1.93. The zero-order valence-corrected chi connectivity index (χ0v) is 11.7. The summed E-state index contributed by atoms with van der Waals surface area (Å²) in [6, 6.07) is 10.7. The Balaban J connectivity index is 2.26. The largest absolute Gasteiger partial charge is 0.240 e. The van der Waals surface area contributed by atoms with E-state index >= 15 is 0 Å². The molecule has 2 rings (SSSR count). The maximum atomic E-state index is 8.94. The second kappa shape index (κ2) is 5.32. The van der Waals surface area contributed by atoms with Crippen LogP contribution in [-0.2, 0) is 6.42 Å². The van der Waals surface area contributed by atoms with Crippen LogP contribution in [0, 0.1) is 24.2 Å². The number of rotatable bonds is 3. The van der Waals surface area contributed by atoms with Crippen molar-refractivity contribution in [3.63, 3.8) is 0 Å². The molecule has 0 fully saturated rings. The Kier molecular flexibility index (Phi) is 3.78. The number of aromatic nitrogens is 1. The van der Waals surface area contributed by atoms with E-state index in [1.807, 2.05) is 6.92 Å². The van der Waals surface area contributed by atoms with Crippen molar-refractivity contribution >= 4 is 11.3 Å². The second-order valence-corrected chi connectivity index (χ2v) is 5.84. The van der Waals surface area contributed by atoms with Gasteiger partial charge in [0.1, 0.15) is 16.0 Å². The molecule has 0 saturated heterocycles. The zero-order chi connectivity index (χ0) is 13.1. The first-order valence-corrected chi connectivity index (χ1v) is 6.88. The van der Waals surface area contributed by atoms with Gasteiger partial charge in [0, 0.05) is 5.56 Å². The minimum Gasteiger partial charge on any atom is -0.240 e. The van der Waals surface area contributed by atoms with Crippen molar-refractivity contribution in [2.45, 2.75) is 27.2 Å². The van der Waals surface area contributed by atoms with E-state index in [4.69, 9.17) is 5.26 Å². The predicted molar refractivity (Wildman–Crippen MR) is 75.5 cm³/mol. The Hall–Kier alpha value is -1.66. The van der Waals surface area contributed by atoms with E-state index in [2.05, 4.69) is 49.2 Å². The first kappa shape index (κ1) is 12.8. The van der Waals surface area contributed by atoms with E-state index in [1.165, 1.54) is 16.9 Å². The van der Waals surface area contributed by atoms with Crippen LogP contribution in [0.3, 0.4) is 0 Å². The summed E-state index contributed by atoms with van der Waals surface area (Å²) in [5.74, 6) is 0.670. The molecule has 92 valence electrons. The van der Waals surface area contributed by atoms with E-state index in [0.717, 1.165) is 22.7 Å². The number of thiazole rings is 1. The molecule has 0 spiro atoms. The van der Waals surface area contributed by atoms with Crippen molar-refractivity contribution in [1.29, 1.82) is 5.26 Å². The molecule has 0 saturated carbocycles. The second-order valence-electron chi connectivity index (χ2n) is 4.84. The fourth-order valence-electron chi connectivity index (χ4n) is 1.88. The number of nitriles is 1. The molecule has 0 aliphatic rings. The monoisotopic (exact) mass is 256 g/mol. The first-order chi connectivity index (χ1) is 8.60. The molecule has 0 unspecified atom stereocenters. The third kappa shape index (κ3) is 2.77. The normalized spacial score (nSPS) is 10.6. The Morgan fingerprint density at radius 3 is 2.44 bits per heavy atom.